The summed E-state index contributed by atoms with van der Waals surface area (Å²) >= 11 is 3.64. The molecule has 2 atom stereocenters. The van der Waals surface area contributed by atoms with Crippen molar-refractivity contribution in [3.63, 3.8) is 0 Å². The van der Waals surface area contributed by atoms with Gasteiger partial charge in [-0.05, 0) is 19.3 Å². The number of hydrogen-bond donors (Lipinski definition) is 2. The highest BCUT2D eigenvalue weighted by Crippen LogP contribution is 2.09. The van der Waals surface area contributed by atoms with Crippen LogP contribution in [-0.4, -0.2) is 25.0 Å². The number of rotatable bonds is 2. The van der Waals surface area contributed by atoms with E-state index in [4.69, 9.17) is 4.18 Å². The maximum atomic E-state index is 10.1. The van der Waals surface area contributed by atoms with E-state index in [2.05, 4.69) is 18.2 Å². The number of hydrogen-bond acceptors (Lipinski definition) is 4. The fraction of sp³-hybridized carbons (Fsp3) is 0.800. The molecule has 4 heteroatoms. The van der Waals surface area contributed by atoms with Gasteiger partial charge in [0.1, 0.15) is 6.29 Å². The largest absolute Gasteiger partial charge is 0.314 e. The summed E-state index contributed by atoms with van der Waals surface area (Å²) in [5, 5.41) is 2.97. The van der Waals surface area contributed by atoms with Crippen molar-refractivity contribution in [1.29, 1.82) is 0 Å². The van der Waals surface area contributed by atoms with Gasteiger partial charge >= 0.3 is 0 Å². The highest BCUT2D eigenvalue weighted by molar-refractivity contribution is 7.75. The third-order valence-electron chi connectivity index (χ3n) is 1.44. The molecule has 0 aromatic rings. The van der Waals surface area contributed by atoms with Crippen LogP contribution in [0.15, 0.2) is 0 Å². The number of aldehydes is 1. The molecule has 1 aliphatic rings. The van der Waals surface area contributed by atoms with Crippen LogP contribution in [0.1, 0.15) is 6.42 Å². The molecule has 1 fully saturated rings. The summed E-state index contributed by atoms with van der Waals surface area (Å²) in [6.07, 6.45) is 1.74. The summed E-state index contributed by atoms with van der Waals surface area (Å²) in [7, 11) is 0. The molecule has 1 N–H and O–H groups in total. The Labute approximate surface area is 59.4 Å². The Morgan fingerprint density at radius 2 is 2.56 bits per heavy atom. The van der Waals surface area contributed by atoms with Gasteiger partial charge in [-0.1, -0.05) is 0 Å². The Hall–Kier alpha value is -0.0600. The maximum Gasteiger partial charge on any atom is 0.136 e. The van der Waals surface area contributed by atoms with Crippen LogP contribution in [0.2, 0.25) is 0 Å². The predicted octanol–water partition coefficient (Wildman–Crippen LogP) is -0.223. The molecular weight excluding hydrogens is 138 g/mol. The lowest BCUT2D eigenvalue weighted by atomic mass is 10.2. The Morgan fingerprint density at radius 3 is 2.89 bits per heavy atom. The van der Waals surface area contributed by atoms with Crippen LogP contribution in [0.3, 0.4) is 0 Å². The number of thiol groups is 1. The summed E-state index contributed by atoms with van der Waals surface area (Å²) < 4.78 is 4.72. The number of carbonyl (C=O) groups excluding carboxylic acids is 1. The normalized spacial score (nSPS) is 34.8. The zero-order chi connectivity index (χ0) is 6.69. The van der Waals surface area contributed by atoms with Gasteiger partial charge in [0.15, 0.2) is 0 Å². The van der Waals surface area contributed by atoms with Gasteiger partial charge in [0.2, 0.25) is 0 Å². The Morgan fingerprint density at radius 1 is 1.78 bits per heavy atom. The van der Waals surface area contributed by atoms with Gasteiger partial charge < -0.3 is 14.3 Å². The Kier molecular flexibility index (Phi) is 2.50. The van der Waals surface area contributed by atoms with Crippen molar-refractivity contribution >= 4 is 19.2 Å². The van der Waals surface area contributed by atoms with Crippen LogP contribution in [0.5, 0.6) is 0 Å². The summed E-state index contributed by atoms with van der Waals surface area (Å²) in [6, 6.07) is -0.0258. The van der Waals surface area contributed by atoms with Crippen molar-refractivity contribution in [2.45, 2.75) is 18.6 Å². The first kappa shape index (κ1) is 7.05. The molecule has 3 nitrogen and oxygen atoms in total. The van der Waals surface area contributed by atoms with Crippen molar-refractivity contribution in [3.05, 3.63) is 0 Å². The van der Waals surface area contributed by atoms with E-state index in [1.54, 1.807) is 0 Å². The first-order valence-corrected chi connectivity index (χ1v) is 3.22. The smallest absolute Gasteiger partial charge is 0.136 e. The molecule has 0 aromatic carbocycles. The van der Waals surface area contributed by atoms with E-state index in [1.165, 1.54) is 0 Å². The van der Waals surface area contributed by atoms with Crippen molar-refractivity contribution in [1.82, 2.24) is 5.32 Å². The number of nitrogens with one attached hydrogen (secondary N) is 1. The van der Waals surface area contributed by atoms with Gasteiger partial charge in [-0.2, -0.15) is 0 Å². The fourth-order valence-electron chi connectivity index (χ4n) is 0.917. The molecule has 0 aliphatic carbocycles. The highest BCUT2D eigenvalue weighted by atomic mass is 32.1. The van der Waals surface area contributed by atoms with Gasteiger partial charge in [0.25, 0.3) is 0 Å². The molecule has 1 heterocycles. The van der Waals surface area contributed by atoms with Crippen LogP contribution >= 0.6 is 12.9 Å². The summed E-state index contributed by atoms with van der Waals surface area (Å²) in [4.78, 5) is 10.1. The molecule has 0 saturated carbocycles. The third kappa shape index (κ3) is 1.67. The number of carbonyl (C=O) groups is 1. The average Bonchev–Trinajstić information content (AvgIpc) is 2.34. The second-order valence-corrected chi connectivity index (χ2v) is 2.32. The van der Waals surface area contributed by atoms with Crippen LogP contribution in [0, 0.1) is 0 Å². The molecule has 0 radical (unpaired) electrons. The van der Waals surface area contributed by atoms with Crippen LogP contribution in [0.25, 0.3) is 0 Å². The van der Waals surface area contributed by atoms with Crippen LogP contribution in [0.4, 0.5) is 0 Å². The Bertz CT molecular complexity index is 109. The first-order valence-electron chi connectivity index (χ1n) is 2.85. The molecule has 1 rings (SSSR count). The van der Waals surface area contributed by atoms with Gasteiger partial charge in [0, 0.05) is 6.54 Å². The molecule has 0 unspecified atom stereocenters. The second kappa shape index (κ2) is 3.20. The fourth-order valence-corrected chi connectivity index (χ4v) is 1.08. The summed E-state index contributed by atoms with van der Waals surface area (Å²) in [5.74, 6) is 0. The molecule has 0 amide bonds. The van der Waals surface area contributed by atoms with E-state index < -0.39 is 0 Å². The van der Waals surface area contributed by atoms with E-state index in [0.717, 1.165) is 19.3 Å². The van der Waals surface area contributed by atoms with E-state index in [0.29, 0.717) is 0 Å². The van der Waals surface area contributed by atoms with Crippen LogP contribution < -0.4 is 5.32 Å². The van der Waals surface area contributed by atoms with E-state index in [-0.39, 0.29) is 12.1 Å². The average molecular weight is 147 g/mol. The topological polar surface area (TPSA) is 38.3 Å². The third-order valence-corrected chi connectivity index (χ3v) is 1.74. The van der Waals surface area contributed by atoms with E-state index in [9.17, 15) is 4.79 Å². The highest BCUT2D eigenvalue weighted by Gasteiger charge is 2.22. The van der Waals surface area contributed by atoms with Gasteiger partial charge in [-0.3, -0.25) is 0 Å². The predicted molar refractivity (Wildman–Crippen MR) is 36.3 cm³/mol. The van der Waals surface area contributed by atoms with E-state index in [1.807, 2.05) is 0 Å². The van der Waals surface area contributed by atoms with Crippen molar-refractivity contribution in [2.75, 3.05) is 6.54 Å². The lowest BCUT2D eigenvalue weighted by molar-refractivity contribution is -0.109. The lowest BCUT2D eigenvalue weighted by Crippen LogP contribution is -2.22. The van der Waals surface area contributed by atoms with Gasteiger partial charge in [-0.25, -0.2) is 0 Å². The van der Waals surface area contributed by atoms with E-state index >= 15 is 0 Å². The molecule has 0 aromatic heterocycles. The molecular formula is C5H9NO2S. The monoisotopic (exact) mass is 147 g/mol. The van der Waals surface area contributed by atoms with Crippen molar-refractivity contribution in [2.24, 2.45) is 0 Å². The molecule has 9 heavy (non-hydrogen) atoms. The molecule has 0 spiro atoms. The Balaban J connectivity index is 2.28. The summed E-state index contributed by atoms with van der Waals surface area (Å²) in [6.45, 7) is 0.729. The SMILES string of the molecule is O=C[C@@H]1C[C@H](OS)CN1. The zero-order valence-corrected chi connectivity index (χ0v) is 5.80. The quantitative estimate of drug-likeness (QED) is 0.322. The lowest BCUT2D eigenvalue weighted by Gasteiger charge is -2.00. The minimum atomic E-state index is -0.0258. The maximum absolute atomic E-state index is 10.1. The molecule has 0 bridgehead atoms. The first-order chi connectivity index (χ1) is 4.36. The minimum absolute atomic E-state index is 0.0258. The van der Waals surface area contributed by atoms with Crippen LogP contribution in [-0.2, 0) is 8.98 Å². The molecule has 1 aliphatic heterocycles. The zero-order valence-electron chi connectivity index (χ0n) is 4.91. The van der Waals surface area contributed by atoms with Crippen molar-refractivity contribution < 1.29 is 8.98 Å². The molecule has 1 saturated heterocycles. The second-order valence-electron chi connectivity index (χ2n) is 2.11. The van der Waals surface area contributed by atoms with Crippen molar-refractivity contribution in [3.8, 4) is 0 Å². The summed E-state index contributed by atoms with van der Waals surface area (Å²) in [5.41, 5.74) is 0. The standard InChI is InChI=1S/C5H9NO2S/c7-3-4-1-5(8-9)2-6-4/h3-6,9H,1-2H2/t4-,5-/m0/s1. The van der Waals surface area contributed by atoms with Gasteiger partial charge in [-0.15, -0.1) is 0 Å². The molecule has 52 valence electrons. The van der Waals surface area contributed by atoms with Gasteiger partial charge in [0.05, 0.1) is 12.1 Å². The minimum Gasteiger partial charge on any atom is -0.314 e.